The minimum Gasteiger partial charge on any atom is -0.507 e. The second-order valence-corrected chi connectivity index (χ2v) is 9.06. The van der Waals surface area contributed by atoms with E-state index in [0.717, 1.165) is 5.56 Å². The number of aromatic hydroxyl groups is 1. The van der Waals surface area contributed by atoms with Gasteiger partial charge in [-0.25, -0.2) is 0 Å². The number of nitrogens with one attached hydrogen (secondary N) is 1. The van der Waals surface area contributed by atoms with Crippen LogP contribution in [0.15, 0.2) is 46.4 Å². The Morgan fingerprint density at radius 2 is 1.76 bits per heavy atom. The lowest BCUT2D eigenvalue weighted by molar-refractivity contribution is -0.124. The molecule has 7 N–H and O–H groups in total. The van der Waals surface area contributed by atoms with Crippen LogP contribution in [0.2, 0.25) is 0 Å². The molecule has 0 spiro atoms. The molecular formula is C24H26N2O7. The summed E-state index contributed by atoms with van der Waals surface area (Å²) in [7, 11) is 0. The van der Waals surface area contributed by atoms with E-state index in [-0.39, 0.29) is 45.9 Å². The number of aliphatic hydroxyl groups excluding tert-OH is 3. The first-order valence-electron chi connectivity index (χ1n) is 11.1. The number of fused-ring (bicyclic) bond motifs is 3. The first kappa shape index (κ1) is 21.5. The number of benzene rings is 1. The maximum Gasteiger partial charge on any atom is 0.256 e. The average molecular weight is 454 g/mol. The first-order valence-corrected chi connectivity index (χ1v) is 11.1. The molecule has 1 aliphatic heterocycles. The van der Waals surface area contributed by atoms with E-state index in [0.29, 0.717) is 38.9 Å². The SMILES string of the molecule is NC(=O)C1=C(O)C2=C(O)C3=C(O)c4c(O)cccc4CC3CC2C(NC2CCOCC2)C1=O. The fourth-order valence-corrected chi connectivity index (χ4v) is 5.71. The van der Waals surface area contributed by atoms with Crippen molar-refractivity contribution in [2.45, 2.75) is 37.8 Å². The van der Waals surface area contributed by atoms with Crippen LogP contribution in [0.4, 0.5) is 0 Å². The van der Waals surface area contributed by atoms with Gasteiger partial charge in [0.05, 0.1) is 11.6 Å². The normalized spacial score (nSPS) is 27.9. The number of phenols is 1. The van der Waals surface area contributed by atoms with Gasteiger partial charge in [-0.1, -0.05) is 12.1 Å². The van der Waals surface area contributed by atoms with Gasteiger partial charge in [-0.05, 0) is 43.2 Å². The number of hydrogen-bond donors (Lipinski definition) is 6. The lowest BCUT2D eigenvalue weighted by atomic mass is 9.65. The molecule has 1 amide bonds. The second-order valence-electron chi connectivity index (χ2n) is 9.06. The van der Waals surface area contributed by atoms with E-state index >= 15 is 0 Å². The number of hydrogen-bond acceptors (Lipinski definition) is 8. The highest BCUT2D eigenvalue weighted by atomic mass is 16.5. The Morgan fingerprint density at radius 1 is 1.03 bits per heavy atom. The van der Waals surface area contributed by atoms with E-state index in [1.165, 1.54) is 6.07 Å². The van der Waals surface area contributed by atoms with Crippen LogP contribution in [-0.2, 0) is 20.7 Å². The largest absolute Gasteiger partial charge is 0.507 e. The Bertz CT molecular complexity index is 1140. The highest BCUT2D eigenvalue weighted by Crippen LogP contribution is 2.51. The van der Waals surface area contributed by atoms with E-state index in [1.54, 1.807) is 12.1 Å². The van der Waals surface area contributed by atoms with Crippen molar-refractivity contribution >= 4 is 17.4 Å². The number of Topliss-reactive ketones (excluding diaryl/α,β-unsaturated/α-hetero) is 1. The number of phenolic OH excluding ortho intramolecular Hbond substituents is 1. The molecule has 33 heavy (non-hydrogen) atoms. The van der Waals surface area contributed by atoms with Gasteiger partial charge in [0.15, 0.2) is 5.78 Å². The van der Waals surface area contributed by atoms with Crippen molar-refractivity contribution < 1.29 is 34.8 Å². The highest BCUT2D eigenvalue weighted by molar-refractivity contribution is 6.22. The minimum atomic E-state index is -1.08. The second kappa shape index (κ2) is 7.93. The molecule has 1 fully saturated rings. The molecule has 0 aromatic heterocycles. The molecular weight excluding hydrogens is 428 g/mol. The van der Waals surface area contributed by atoms with Gasteiger partial charge in [-0.3, -0.25) is 9.59 Å². The summed E-state index contributed by atoms with van der Waals surface area (Å²) in [6.07, 6.45) is 2.15. The van der Waals surface area contributed by atoms with E-state index in [4.69, 9.17) is 10.5 Å². The summed E-state index contributed by atoms with van der Waals surface area (Å²) >= 11 is 0. The smallest absolute Gasteiger partial charge is 0.256 e. The quantitative estimate of drug-likeness (QED) is 0.376. The zero-order chi connectivity index (χ0) is 23.4. The van der Waals surface area contributed by atoms with Gasteiger partial charge < -0.3 is 36.2 Å². The lowest BCUT2D eigenvalue weighted by Crippen LogP contribution is -2.55. The third-order valence-corrected chi connectivity index (χ3v) is 7.22. The third-order valence-electron chi connectivity index (χ3n) is 7.22. The van der Waals surface area contributed by atoms with Crippen LogP contribution in [0.1, 0.15) is 30.4 Å². The Kier molecular flexibility index (Phi) is 5.18. The molecule has 3 atom stereocenters. The average Bonchev–Trinajstić information content (AvgIpc) is 2.76. The van der Waals surface area contributed by atoms with Gasteiger partial charge >= 0.3 is 0 Å². The Hall–Kier alpha value is -3.30. The van der Waals surface area contributed by atoms with Crippen molar-refractivity contribution in [1.29, 1.82) is 0 Å². The molecule has 9 nitrogen and oxygen atoms in total. The topological polar surface area (TPSA) is 162 Å². The molecule has 1 saturated heterocycles. The fourth-order valence-electron chi connectivity index (χ4n) is 5.71. The lowest BCUT2D eigenvalue weighted by Gasteiger charge is -2.43. The number of nitrogens with two attached hydrogens (primary N) is 1. The van der Waals surface area contributed by atoms with Crippen LogP contribution in [-0.4, -0.2) is 57.4 Å². The maximum absolute atomic E-state index is 13.3. The summed E-state index contributed by atoms with van der Waals surface area (Å²) in [5.41, 5.74) is 6.03. The first-order chi connectivity index (χ1) is 15.8. The van der Waals surface area contributed by atoms with E-state index in [9.17, 15) is 30.0 Å². The third kappa shape index (κ3) is 3.30. The highest BCUT2D eigenvalue weighted by Gasteiger charge is 2.50. The molecule has 0 saturated carbocycles. The molecule has 0 radical (unpaired) electrons. The van der Waals surface area contributed by atoms with Crippen LogP contribution in [0, 0.1) is 11.8 Å². The van der Waals surface area contributed by atoms with Crippen molar-refractivity contribution in [3.63, 3.8) is 0 Å². The van der Waals surface area contributed by atoms with Crippen molar-refractivity contribution in [3.8, 4) is 5.75 Å². The van der Waals surface area contributed by atoms with Gasteiger partial charge in [0, 0.05) is 36.3 Å². The molecule has 3 aliphatic carbocycles. The molecule has 174 valence electrons. The van der Waals surface area contributed by atoms with Crippen molar-refractivity contribution in [2.24, 2.45) is 17.6 Å². The van der Waals surface area contributed by atoms with Crippen LogP contribution in [0.25, 0.3) is 5.76 Å². The Morgan fingerprint density at radius 3 is 2.45 bits per heavy atom. The van der Waals surface area contributed by atoms with Crippen LogP contribution >= 0.6 is 0 Å². The zero-order valence-electron chi connectivity index (χ0n) is 17.9. The van der Waals surface area contributed by atoms with Crippen LogP contribution in [0.5, 0.6) is 5.75 Å². The predicted molar refractivity (Wildman–Crippen MR) is 117 cm³/mol. The molecule has 5 rings (SSSR count). The Labute approximate surface area is 189 Å². The number of ether oxygens (including phenoxy) is 1. The monoisotopic (exact) mass is 454 g/mol. The molecule has 1 aromatic carbocycles. The zero-order valence-corrected chi connectivity index (χ0v) is 17.9. The summed E-state index contributed by atoms with van der Waals surface area (Å²) in [4.78, 5) is 25.4. The van der Waals surface area contributed by atoms with Crippen LogP contribution < -0.4 is 11.1 Å². The summed E-state index contributed by atoms with van der Waals surface area (Å²) in [5.74, 6) is -4.08. The molecule has 3 unspecified atom stereocenters. The summed E-state index contributed by atoms with van der Waals surface area (Å²) in [6, 6.07) is 4.04. The maximum atomic E-state index is 13.3. The molecule has 1 aromatic rings. The van der Waals surface area contributed by atoms with Crippen molar-refractivity contribution in [1.82, 2.24) is 5.32 Å². The van der Waals surface area contributed by atoms with Crippen molar-refractivity contribution in [3.05, 3.63) is 57.6 Å². The molecule has 1 heterocycles. The fraction of sp³-hybridized carbons (Fsp3) is 0.417. The number of carbonyl (C=O) groups is 2. The predicted octanol–water partition coefficient (Wildman–Crippen LogP) is 1.68. The van der Waals surface area contributed by atoms with Gasteiger partial charge in [-0.2, -0.15) is 0 Å². The number of rotatable bonds is 3. The number of allylic oxidation sites excluding steroid dienone is 2. The van der Waals surface area contributed by atoms with Gasteiger partial charge in [0.1, 0.15) is 28.6 Å². The van der Waals surface area contributed by atoms with E-state index < -0.39 is 35.0 Å². The number of ketones is 1. The molecule has 0 bridgehead atoms. The van der Waals surface area contributed by atoms with E-state index in [2.05, 4.69) is 5.32 Å². The number of aliphatic hydroxyl groups is 3. The van der Waals surface area contributed by atoms with Gasteiger partial charge in [0.2, 0.25) is 0 Å². The standard InChI is InChI=1S/C24H26N2O7/c25-24(32)18-22(30)17-13(19(23(18)31)26-12-4-6-33-7-5-12)9-11-8-10-2-1-3-14(27)15(10)20(28)16(11)21(17)29/h1-3,11-13,19,26-30H,4-9H2,(H2,25,32). The Balaban J connectivity index is 1.66. The summed E-state index contributed by atoms with van der Waals surface area (Å²) in [5, 5.41) is 46.7. The summed E-state index contributed by atoms with van der Waals surface area (Å²) in [6.45, 7) is 1.09. The summed E-state index contributed by atoms with van der Waals surface area (Å²) < 4.78 is 5.39. The van der Waals surface area contributed by atoms with Gasteiger partial charge in [0.25, 0.3) is 5.91 Å². The van der Waals surface area contributed by atoms with Crippen molar-refractivity contribution in [2.75, 3.05) is 13.2 Å². The number of amides is 1. The van der Waals surface area contributed by atoms with Gasteiger partial charge in [-0.15, -0.1) is 0 Å². The molecule has 4 aliphatic rings. The minimum absolute atomic E-state index is 0.0182. The number of primary amides is 1. The van der Waals surface area contributed by atoms with Crippen LogP contribution in [0.3, 0.4) is 0 Å². The number of carbonyl (C=O) groups excluding carboxylic acids is 2. The molecule has 9 heteroatoms. The van der Waals surface area contributed by atoms with E-state index in [1.807, 2.05) is 0 Å².